The first-order chi connectivity index (χ1) is 11.0. The van der Waals surface area contributed by atoms with Gasteiger partial charge in [-0.1, -0.05) is 6.07 Å². The van der Waals surface area contributed by atoms with E-state index in [4.69, 9.17) is 0 Å². The maximum Gasteiger partial charge on any atom is 0.226 e. The monoisotopic (exact) mass is 319 g/mol. The summed E-state index contributed by atoms with van der Waals surface area (Å²) < 4.78 is 40.6. The van der Waals surface area contributed by atoms with Crippen molar-refractivity contribution in [1.82, 2.24) is 15.0 Å². The molecule has 3 rings (SSSR count). The van der Waals surface area contributed by atoms with Crippen molar-refractivity contribution in [2.24, 2.45) is 0 Å². The van der Waals surface area contributed by atoms with Crippen LogP contribution in [-0.4, -0.2) is 25.2 Å². The van der Waals surface area contributed by atoms with E-state index in [9.17, 15) is 23.4 Å². The van der Waals surface area contributed by atoms with E-state index in [1.54, 1.807) is 12.1 Å². The number of hydrogen-bond donors (Lipinski definition) is 2. The van der Waals surface area contributed by atoms with Gasteiger partial charge in [0.05, 0.1) is 5.56 Å². The molecule has 2 N–H and O–H groups in total. The molecule has 0 aliphatic heterocycles. The Morgan fingerprint density at radius 3 is 1.96 bits per heavy atom. The standard InChI is InChI=1S/C15H8F3N3O2/c16-7-5-8(17)11(9(18)6-7)12-14(22)20-13(21-15(12)23)10-3-1-2-4-19-10/h1-6H,(H2,20,21,22,23). The predicted octanol–water partition coefficient (Wildman–Crippen LogP) is 3.03. The summed E-state index contributed by atoms with van der Waals surface area (Å²) in [5.41, 5.74) is -1.25. The molecule has 116 valence electrons. The van der Waals surface area contributed by atoms with Gasteiger partial charge in [-0.2, -0.15) is 9.97 Å². The van der Waals surface area contributed by atoms with Crippen LogP contribution in [0, 0.1) is 17.5 Å². The number of aromatic hydroxyl groups is 2. The van der Waals surface area contributed by atoms with Crippen molar-refractivity contribution >= 4 is 0 Å². The number of halogens is 3. The van der Waals surface area contributed by atoms with Gasteiger partial charge in [-0.05, 0) is 12.1 Å². The molecule has 0 bridgehead atoms. The lowest BCUT2D eigenvalue weighted by Gasteiger charge is -2.10. The first-order valence-corrected chi connectivity index (χ1v) is 6.33. The zero-order chi connectivity index (χ0) is 16.6. The summed E-state index contributed by atoms with van der Waals surface area (Å²) in [4.78, 5) is 11.3. The molecule has 3 aromatic rings. The van der Waals surface area contributed by atoms with Crippen molar-refractivity contribution in [2.75, 3.05) is 0 Å². The Hall–Kier alpha value is -3.16. The highest BCUT2D eigenvalue weighted by atomic mass is 19.1. The van der Waals surface area contributed by atoms with Gasteiger partial charge in [0.15, 0.2) is 5.82 Å². The fraction of sp³-hybridized carbons (Fsp3) is 0. The van der Waals surface area contributed by atoms with Crippen LogP contribution in [0.1, 0.15) is 0 Å². The summed E-state index contributed by atoms with van der Waals surface area (Å²) in [6, 6.07) is 5.63. The zero-order valence-corrected chi connectivity index (χ0v) is 11.3. The van der Waals surface area contributed by atoms with Gasteiger partial charge in [0.25, 0.3) is 0 Å². The molecule has 2 heterocycles. The molecule has 5 nitrogen and oxygen atoms in total. The number of pyridine rings is 1. The minimum Gasteiger partial charge on any atom is -0.493 e. The normalized spacial score (nSPS) is 10.7. The molecule has 0 unspecified atom stereocenters. The van der Waals surface area contributed by atoms with Gasteiger partial charge in [-0.3, -0.25) is 4.98 Å². The molecule has 0 atom stereocenters. The molecule has 2 aromatic heterocycles. The SMILES string of the molecule is Oc1nc(-c2ccccn2)nc(O)c1-c1c(F)cc(F)cc1F. The Morgan fingerprint density at radius 1 is 0.826 bits per heavy atom. The smallest absolute Gasteiger partial charge is 0.226 e. The number of hydrogen-bond acceptors (Lipinski definition) is 5. The van der Waals surface area contributed by atoms with E-state index in [2.05, 4.69) is 15.0 Å². The van der Waals surface area contributed by atoms with E-state index in [1.165, 1.54) is 12.3 Å². The molecule has 0 fully saturated rings. The average molecular weight is 319 g/mol. The topological polar surface area (TPSA) is 79.1 Å². The van der Waals surface area contributed by atoms with Crippen molar-refractivity contribution in [3.05, 3.63) is 54.0 Å². The van der Waals surface area contributed by atoms with Crippen molar-refractivity contribution < 1.29 is 23.4 Å². The van der Waals surface area contributed by atoms with Crippen LogP contribution in [0.15, 0.2) is 36.5 Å². The summed E-state index contributed by atoms with van der Waals surface area (Å²) in [5.74, 6) is -5.59. The average Bonchev–Trinajstić information content (AvgIpc) is 2.49. The Balaban J connectivity index is 2.20. The van der Waals surface area contributed by atoms with Crippen molar-refractivity contribution in [3.63, 3.8) is 0 Å². The van der Waals surface area contributed by atoms with Crippen LogP contribution in [0.4, 0.5) is 13.2 Å². The number of nitrogens with zero attached hydrogens (tertiary/aromatic N) is 3. The minimum atomic E-state index is -1.30. The molecule has 0 saturated carbocycles. The second-order valence-electron chi connectivity index (χ2n) is 4.53. The van der Waals surface area contributed by atoms with Gasteiger partial charge in [0.2, 0.25) is 11.8 Å². The fourth-order valence-corrected chi connectivity index (χ4v) is 2.05. The minimum absolute atomic E-state index is 0.132. The van der Waals surface area contributed by atoms with Crippen molar-refractivity contribution in [2.45, 2.75) is 0 Å². The van der Waals surface area contributed by atoms with E-state index >= 15 is 0 Å². The fourth-order valence-electron chi connectivity index (χ4n) is 2.05. The largest absolute Gasteiger partial charge is 0.493 e. The van der Waals surface area contributed by atoms with Crippen LogP contribution in [0.3, 0.4) is 0 Å². The number of rotatable bonds is 2. The first-order valence-electron chi connectivity index (χ1n) is 6.33. The van der Waals surface area contributed by atoms with Gasteiger partial charge < -0.3 is 10.2 Å². The van der Waals surface area contributed by atoms with E-state index in [0.717, 1.165) is 0 Å². The van der Waals surface area contributed by atoms with Gasteiger partial charge in [-0.25, -0.2) is 13.2 Å². The Labute approximate surface area is 127 Å². The van der Waals surface area contributed by atoms with Gasteiger partial charge in [-0.15, -0.1) is 0 Å². The summed E-state index contributed by atoms with van der Waals surface area (Å²) in [6.07, 6.45) is 1.44. The summed E-state index contributed by atoms with van der Waals surface area (Å²) >= 11 is 0. The second kappa shape index (κ2) is 5.56. The third-order valence-electron chi connectivity index (χ3n) is 3.02. The predicted molar refractivity (Wildman–Crippen MR) is 73.9 cm³/mol. The Morgan fingerprint density at radius 2 is 1.43 bits per heavy atom. The van der Waals surface area contributed by atoms with Crippen LogP contribution >= 0.6 is 0 Å². The molecule has 0 aliphatic rings. The van der Waals surface area contributed by atoms with Gasteiger partial charge >= 0.3 is 0 Å². The molecule has 0 saturated heterocycles. The van der Waals surface area contributed by atoms with Crippen LogP contribution in [0.25, 0.3) is 22.6 Å². The molecular weight excluding hydrogens is 311 g/mol. The van der Waals surface area contributed by atoms with Gasteiger partial charge in [0, 0.05) is 18.3 Å². The van der Waals surface area contributed by atoms with Crippen LogP contribution in [-0.2, 0) is 0 Å². The molecule has 0 amide bonds. The maximum absolute atomic E-state index is 13.8. The van der Waals surface area contributed by atoms with E-state index < -0.39 is 40.3 Å². The first kappa shape index (κ1) is 14.8. The Bertz CT molecular complexity index is 842. The molecule has 0 radical (unpaired) electrons. The molecule has 23 heavy (non-hydrogen) atoms. The van der Waals surface area contributed by atoms with E-state index in [1.807, 2.05) is 0 Å². The molecular formula is C15H8F3N3O2. The summed E-state index contributed by atoms with van der Waals surface area (Å²) in [6.45, 7) is 0. The molecule has 1 aromatic carbocycles. The van der Waals surface area contributed by atoms with Crippen molar-refractivity contribution in [3.8, 4) is 34.4 Å². The lowest BCUT2D eigenvalue weighted by molar-refractivity contribution is 0.424. The van der Waals surface area contributed by atoms with Crippen LogP contribution in [0.2, 0.25) is 0 Å². The van der Waals surface area contributed by atoms with Crippen molar-refractivity contribution in [1.29, 1.82) is 0 Å². The summed E-state index contributed by atoms with van der Waals surface area (Å²) in [7, 11) is 0. The number of benzene rings is 1. The second-order valence-corrected chi connectivity index (χ2v) is 4.53. The van der Waals surface area contributed by atoms with Crippen LogP contribution in [0.5, 0.6) is 11.8 Å². The quantitative estimate of drug-likeness (QED) is 0.759. The molecule has 0 spiro atoms. The Kier molecular flexibility index (Phi) is 3.57. The third-order valence-corrected chi connectivity index (χ3v) is 3.02. The highest BCUT2D eigenvalue weighted by molar-refractivity contribution is 5.75. The molecule has 0 aliphatic carbocycles. The maximum atomic E-state index is 13.8. The summed E-state index contributed by atoms with van der Waals surface area (Å²) in [5, 5.41) is 19.9. The highest BCUT2D eigenvalue weighted by Gasteiger charge is 2.23. The lowest BCUT2D eigenvalue weighted by atomic mass is 10.1. The van der Waals surface area contributed by atoms with E-state index in [-0.39, 0.29) is 11.5 Å². The highest BCUT2D eigenvalue weighted by Crippen LogP contribution is 2.39. The van der Waals surface area contributed by atoms with Crippen LogP contribution < -0.4 is 0 Å². The van der Waals surface area contributed by atoms with E-state index in [0.29, 0.717) is 12.1 Å². The zero-order valence-electron chi connectivity index (χ0n) is 11.3. The number of aromatic nitrogens is 3. The molecule has 8 heteroatoms. The third kappa shape index (κ3) is 2.66. The van der Waals surface area contributed by atoms with Gasteiger partial charge in [0.1, 0.15) is 28.7 Å². The lowest BCUT2D eigenvalue weighted by Crippen LogP contribution is -1.98.